The van der Waals surface area contributed by atoms with E-state index in [0.29, 0.717) is 6.54 Å². The second-order valence-electron chi connectivity index (χ2n) is 5.75. The van der Waals surface area contributed by atoms with Gasteiger partial charge in [-0.1, -0.05) is 30.3 Å². The van der Waals surface area contributed by atoms with E-state index in [9.17, 15) is 9.90 Å². The fourth-order valence-electron chi connectivity index (χ4n) is 2.13. The van der Waals surface area contributed by atoms with Crippen LogP contribution in [0.2, 0.25) is 0 Å². The van der Waals surface area contributed by atoms with Crippen LogP contribution in [0.3, 0.4) is 0 Å². The minimum absolute atomic E-state index is 0.0845. The number of carbonyl (C=O) groups is 1. The van der Waals surface area contributed by atoms with Gasteiger partial charge in [0.25, 0.3) is 5.91 Å². The number of nitrogens with two attached hydrogens (primary N) is 1. The third-order valence-corrected chi connectivity index (χ3v) is 3.01. The van der Waals surface area contributed by atoms with Crippen LogP contribution in [0.5, 0.6) is 0 Å². The Bertz CT molecular complexity index is 638. The molecule has 1 amide bonds. The number of nitrogens with zero attached hydrogens (tertiary/aromatic N) is 3. The van der Waals surface area contributed by atoms with Gasteiger partial charge in [0, 0.05) is 25.5 Å². The molecule has 2 rings (SSSR count). The first-order valence-electron chi connectivity index (χ1n) is 6.99. The summed E-state index contributed by atoms with van der Waals surface area (Å²) in [5.41, 5.74) is 5.77. The highest BCUT2D eigenvalue weighted by molar-refractivity contribution is 5.96. The number of amides is 1. The van der Waals surface area contributed by atoms with Crippen molar-refractivity contribution in [2.24, 2.45) is 0 Å². The molecule has 0 aliphatic heterocycles. The third kappa shape index (κ3) is 4.26. The largest absolute Gasteiger partial charge is 0.389 e. The minimum atomic E-state index is -1.03. The van der Waals surface area contributed by atoms with Gasteiger partial charge < -0.3 is 15.7 Å². The molecule has 0 radical (unpaired) electrons. The summed E-state index contributed by atoms with van der Waals surface area (Å²) < 4.78 is 0. The number of carbonyl (C=O) groups excluding carboxylic acids is 1. The van der Waals surface area contributed by atoms with Gasteiger partial charge in [0.15, 0.2) is 11.5 Å². The number of aromatic nitrogens is 2. The number of hydrogen-bond donors (Lipinski definition) is 2. The predicted molar refractivity (Wildman–Crippen MR) is 83.9 cm³/mol. The smallest absolute Gasteiger partial charge is 0.276 e. The van der Waals surface area contributed by atoms with Crippen molar-refractivity contribution in [3.8, 4) is 0 Å². The lowest BCUT2D eigenvalue weighted by atomic mass is 10.1. The lowest BCUT2D eigenvalue weighted by molar-refractivity contribution is 0.0277. The maximum Gasteiger partial charge on any atom is 0.276 e. The molecule has 1 aromatic carbocycles. The first kappa shape index (κ1) is 15.9. The highest BCUT2D eigenvalue weighted by atomic mass is 16.3. The molecule has 0 aliphatic carbocycles. The quantitative estimate of drug-likeness (QED) is 0.872. The van der Waals surface area contributed by atoms with Gasteiger partial charge >= 0.3 is 0 Å². The Morgan fingerprint density at radius 3 is 2.45 bits per heavy atom. The average molecular weight is 300 g/mol. The first-order valence-corrected chi connectivity index (χ1v) is 6.99. The van der Waals surface area contributed by atoms with Crippen LogP contribution < -0.4 is 5.73 Å². The molecular weight excluding hydrogens is 280 g/mol. The molecule has 0 atom stereocenters. The molecule has 1 heterocycles. The van der Waals surface area contributed by atoms with Gasteiger partial charge in [0.2, 0.25) is 0 Å². The number of anilines is 1. The van der Waals surface area contributed by atoms with Crippen LogP contribution in [0.4, 0.5) is 5.82 Å². The van der Waals surface area contributed by atoms with Gasteiger partial charge in [0.1, 0.15) is 0 Å². The van der Waals surface area contributed by atoms with E-state index >= 15 is 0 Å². The van der Waals surface area contributed by atoms with Gasteiger partial charge in [-0.25, -0.2) is 9.97 Å². The van der Waals surface area contributed by atoms with Crippen LogP contribution >= 0.6 is 0 Å². The molecule has 6 heteroatoms. The minimum Gasteiger partial charge on any atom is -0.389 e. The summed E-state index contributed by atoms with van der Waals surface area (Å²) in [5, 5.41) is 10.1. The molecule has 0 unspecified atom stereocenters. The SMILES string of the molecule is CC(C)(O)CN(Cc1ccccc1)C(=O)c1nccnc1N. The van der Waals surface area contributed by atoms with Crippen LogP contribution in [0.25, 0.3) is 0 Å². The average Bonchev–Trinajstić information content (AvgIpc) is 2.46. The van der Waals surface area contributed by atoms with Gasteiger partial charge in [-0.2, -0.15) is 0 Å². The van der Waals surface area contributed by atoms with Crippen LogP contribution in [-0.4, -0.2) is 38.0 Å². The molecule has 0 saturated carbocycles. The number of rotatable bonds is 5. The monoisotopic (exact) mass is 300 g/mol. The molecule has 0 fully saturated rings. The van der Waals surface area contributed by atoms with E-state index < -0.39 is 5.60 Å². The van der Waals surface area contributed by atoms with E-state index in [1.807, 2.05) is 30.3 Å². The van der Waals surface area contributed by atoms with Crippen molar-refractivity contribution in [3.05, 3.63) is 54.0 Å². The number of hydrogen-bond acceptors (Lipinski definition) is 5. The van der Waals surface area contributed by atoms with E-state index in [1.165, 1.54) is 17.3 Å². The van der Waals surface area contributed by atoms with Crippen molar-refractivity contribution in [3.63, 3.8) is 0 Å². The van der Waals surface area contributed by atoms with E-state index in [4.69, 9.17) is 5.73 Å². The van der Waals surface area contributed by atoms with Gasteiger partial charge in [-0.05, 0) is 19.4 Å². The normalized spacial score (nSPS) is 11.2. The van der Waals surface area contributed by atoms with Crippen molar-refractivity contribution >= 4 is 11.7 Å². The maximum atomic E-state index is 12.7. The predicted octanol–water partition coefficient (Wildman–Crippen LogP) is 1.47. The van der Waals surface area contributed by atoms with Crippen molar-refractivity contribution in [1.82, 2.24) is 14.9 Å². The summed E-state index contributed by atoms with van der Waals surface area (Å²) in [5.74, 6) is -0.266. The molecular formula is C16H20N4O2. The summed E-state index contributed by atoms with van der Waals surface area (Å²) >= 11 is 0. The molecule has 2 aromatic rings. The van der Waals surface area contributed by atoms with Crippen LogP contribution in [0, 0.1) is 0 Å². The molecule has 22 heavy (non-hydrogen) atoms. The molecule has 6 nitrogen and oxygen atoms in total. The standard InChI is InChI=1S/C16H20N4O2/c1-16(2,22)11-20(10-12-6-4-3-5-7-12)15(21)13-14(17)19-9-8-18-13/h3-9,22H,10-11H2,1-2H3,(H2,17,19). The summed E-state index contributed by atoms with van der Waals surface area (Å²) in [4.78, 5) is 22.1. The lowest BCUT2D eigenvalue weighted by Crippen LogP contribution is -2.42. The zero-order valence-electron chi connectivity index (χ0n) is 12.7. The summed E-state index contributed by atoms with van der Waals surface area (Å²) in [6.45, 7) is 3.83. The molecule has 0 saturated heterocycles. The fraction of sp³-hybridized carbons (Fsp3) is 0.312. The van der Waals surface area contributed by atoms with E-state index in [-0.39, 0.29) is 24.0 Å². The van der Waals surface area contributed by atoms with Gasteiger partial charge in [-0.3, -0.25) is 4.79 Å². The topological polar surface area (TPSA) is 92.3 Å². The van der Waals surface area contributed by atoms with Crippen molar-refractivity contribution < 1.29 is 9.90 Å². The van der Waals surface area contributed by atoms with E-state index in [1.54, 1.807) is 13.8 Å². The number of nitrogen functional groups attached to an aromatic ring is 1. The Labute approximate surface area is 129 Å². The van der Waals surface area contributed by atoms with E-state index in [2.05, 4.69) is 9.97 Å². The lowest BCUT2D eigenvalue weighted by Gasteiger charge is -2.29. The molecule has 0 spiro atoms. The Morgan fingerprint density at radius 1 is 1.23 bits per heavy atom. The van der Waals surface area contributed by atoms with E-state index in [0.717, 1.165) is 5.56 Å². The third-order valence-electron chi connectivity index (χ3n) is 3.01. The van der Waals surface area contributed by atoms with Crippen LogP contribution in [0.1, 0.15) is 29.9 Å². The van der Waals surface area contributed by atoms with Crippen molar-refractivity contribution in [2.45, 2.75) is 26.0 Å². The Kier molecular flexibility index (Phi) is 4.72. The summed E-state index contributed by atoms with van der Waals surface area (Å²) in [6, 6.07) is 9.55. The highest BCUT2D eigenvalue weighted by Gasteiger charge is 2.26. The summed E-state index contributed by atoms with van der Waals surface area (Å²) in [6.07, 6.45) is 2.86. The maximum absolute atomic E-state index is 12.7. The molecule has 116 valence electrons. The van der Waals surface area contributed by atoms with Crippen molar-refractivity contribution in [2.75, 3.05) is 12.3 Å². The molecule has 1 aromatic heterocycles. The highest BCUT2D eigenvalue weighted by Crippen LogP contribution is 2.15. The molecule has 3 N–H and O–H groups in total. The molecule has 0 bridgehead atoms. The molecule has 0 aliphatic rings. The second kappa shape index (κ2) is 6.53. The van der Waals surface area contributed by atoms with Gasteiger partial charge in [0.05, 0.1) is 5.60 Å². The van der Waals surface area contributed by atoms with Gasteiger partial charge in [-0.15, -0.1) is 0 Å². The van der Waals surface area contributed by atoms with Crippen LogP contribution in [-0.2, 0) is 6.54 Å². The number of aliphatic hydroxyl groups is 1. The summed E-state index contributed by atoms with van der Waals surface area (Å²) in [7, 11) is 0. The van der Waals surface area contributed by atoms with Crippen molar-refractivity contribution in [1.29, 1.82) is 0 Å². The number of benzene rings is 1. The Balaban J connectivity index is 2.28. The van der Waals surface area contributed by atoms with Crippen LogP contribution in [0.15, 0.2) is 42.7 Å². The zero-order valence-corrected chi connectivity index (χ0v) is 12.7. The first-order chi connectivity index (χ1) is 10.4. The Morgan fingerprint density at radius 2 is 1.86 bits per heavy atom. The Hall–Kier alpha value is -2.47. The second-order valence-corrected chi connectivity index (χ2v) is 5.75. The zero-order chi connectivity index (χ0) is 16.2. The fourth-order valence-corrected chi connectivity index (χ4v) is 2.13.